The normalized spacial score (nSPS) is 12.8. The molecule has 0 aromatic carbocycles. The molecule has 18 heavy (non-hydrogen) atoms. The highest BCUT2D eigenvalue weighted by molar-refractivity contribution is 7.13. The number of nitrogen functional groups attached to an aromatic ring is 1. The van der Waals surface area contributed by atoms with Crippen molar-refractivity contribution in [1.29, 1.82) is 0 Å². The highest BCUT2D eigenvalue weighted by atomic mass is 32.1. The molecular weight excluding hydrogens is 244 g/mol. The number of aromatic nitrogens is 1. The van der Waals surface area contributed by atoms with Gasteiger partial charge in [-0.15, -0.1) is 11.3 Å². The van der Waals surface area contributed by atoms with E-state index in [4.69, 9.17) is 10.3 Å². The van der Waals surface area contributed by atoms with Crippen LogP contribution in [0.1, 0.15) is 51.2 Å². The molecule has 98 valence electrons. The Kier molecular flexibility index (Phi) is 4.42. The summed E-state index contributed by atoms with van der Waals surface area (Å²) >= 11 is 1.68. The molecule has 0 fully saturated rings. The molecule has 1 atom stereocenters. The standard InChI is InChI=1S/C14H20N2OS/c1-3-5-7-10(4-2)13-12(14(15)16-17-13)11-8-6-9-18-11/h6,8-10H,3-5,7H2,1-2H3,(H2,15,16). The second-order valence-electron chi connectivity index (χ2n) is 4.53. The van der Waals surface area contributed by atoms with Crippen molar-refractivity contribution in [3.8, 4) is 10.4 Å². The highest BCUT2D eigenvalue weighted by Gasteiger charge is 2.23. The maximum Gasteiger partial charge on any atom is 0.175 e. The Morgan fingerprint density at radius 2 is 2.28 bits per heavy atom. The smallest absolute Gasteiger partial charge is 0.175 e. The van der Waals surface area contributed by atoms with E-state index in [-0.39, 0.29) is 0 Å². The van der Waals surface area contributed by atoms with Crippen LogP contribution in [-0.2, 0) is 0 Å². The van der Waals surface area contributed by atoms with E-state index in [1.807, 2.05) is 6.07 Å². The van der Waals surface area contributed by atoms with Gasteiger partial charge in [0.15, 0.2) is 11.6 Å². The lowest BCUT2D eigenvalue weighted by molar-refractivity contribution is 0.349. The predicted molar refractivity (Wildman–Crippen MR) is 76.8 cm³/mol. The molecule has 2 aromatic rings. The maximum absolute atomic E-state index is 5.96. The van der Waals surface area contributed by atoms with E-state index in [0.29, 0.717) is 11.7 Å². The fraction of sp³-hybridized carbons (Fsp3) is 0.500. The minimum Gasteiger partial charge on any atom is -0.380 e. The molecule has 0 saturated carbocycles. The van der Waals surface area contributed by atoms with E-state index in [9.17, 15) is 0 Å². The Morgan fingerprint density at radius 3 is 2.89 bits per heavy atom. The van der Waals surface area contributed by atoms with Crippen molar-refractivity contribution in [2.24, 2.45) is 0 Å². The number of nitrogens with two attached hydrogens (primary N) is 1. The molecule has 3 nitrogen and oxygen atoms in total. The third kappa shape index (κ3) is 2.58. The van der Waals surface area contributed by atoms with E-state index >= 15 is 0 Å². The highest BCUT2D eigenvalue weighted by Crippen LogP contribution is 2.39. The first-order valence-electron chi connectivity index (χ1n) is 6.56. The monoisotopic (exact) mass is 264 g/mol. The van der Waals surface area contributed by atoms with Gasteiger partial charge >= 0.3 is 0 Å². The van der Waals surface area contributed by atoms with Crippen molar-refractivity contribution < 1.29 is 4.52 Å². The molecule has 0 spiro atoms. The summed E-state index contributed by atoms with van der Waals surface area (Å²) in [5.74, 6) is 1.90. The molecule has 2 heterocycles. The number of hydrogen-bond acceptors (Lipinski definition) is 4. The van der Waals surface area contributed by atoms with Gasteiger partial charge in [-0.3, -0.25) is 0 Å². The number of thiophene rings is 1. The molecule has 0 aliphatic rings. The van der Waals surface area contributed by atoms with Gasteiger partial charge in [0.05, 0.1) is 5.56 Å². The zero-order chi connectivity index (χ0) is 13.0. The largest absolute Gasteiger partial charge is 0.380 e. The number of anilines is 1. The van der Waals surface area contributed by atoms with Crippen LogP contribution in [0.2, 0.25) is 0 Å². The van der Waals surface area contributed by atoms with Gasteiger partial charge < -0.3 is 10.3 Å². The fourth-order valence-corrected chi connectivity index (χ4v) is 3.02. The SMILES string of the molecule is CCCCC(CC)c1onc(N)c1-c1cccs1. The molecule has 1 unspecified atom stereocenters. The molecule has 0 bridgehead atoms. The van der Waals surface area contributed by atoms with Crippen molar-refractivity contribution in [3.05, 3.63) is 23.3 Å². The average Bonchev–Trinajstić information content (AvgIpc) is 3.00. The summed E-state index contributed by atoms with van der Waals surface area (Å²) in [6, 6.07) is 4.10. The van der Waals surface area contributed by atoms with Crippen LogP contribution in [0.3, 0.4) is 0 Å². The van der Waals surface area contributed by atoms with Crippen molar-refractivity contribution in [2.75, 3.05) is 5.73 Å². The molecule has 0 amide bonds. The molecule has 2 aromatic heterocycles. The summed E-state index contributed by atoms with van der Waals surface area (Å²) < 4.78 is 5.50. The van der Waals surface area contributed by atoms with E-state index in [0.717, 1.165) is 29.0 Å². The molecule has 2 N–H and O–H groups in total. The first kappa shape index (κ1) is 13.1. The quantitative estimate of drug-likeness (QED) is 0.825. The Balaban J connectivity index is 2.33. The molecule has 0 radical (unpaired) electrons. The second-order valence-corrected chi connectivity index (χ2v) is 5.48. The van der Waals surface area contributed by atoms with Crippen LogP contribution < -0.4 is 5.73 Å². The van der Waals surface area contributed by atoms with E-state index < -0.39 is 0 Å². The Labute approximate surface area is 112 Å². The fourth-order valence-electron chi connectivity index (χ4n) is 2.23. The number of unbranched alkanes of at least 4 members (excludes halogenated alkanes) is 1. The van der Waals surface area contributed by atoms with Crippen molar-refractivity contribution in [3.63, 3.8) is 0 Å². The van der Waals surface area contributed by atoms with Gasteiger partial charge in [0.1, 0.15) is 0 Å². The van der Waals surface area contributed by atoms with Gasteiger partial charge in [-0.05, 0) is 24.3 Å². The van der Waals surface area contributed by atoms with Crippen LogP contribution in [0.5, 0.6) is 0 Å². The van der Waals surface area contributed by atoms with Gasteiger partial charge in [0.25, 0.3) is 0 Å². The molecule has 0 aliphatic carbocycles. The van der Waals surface area contributed by atoms with Gasteiger partial charge in [-0.2, -0.15) is 0 Å². The van der Waals surface area contributed by atoms with E-state index in [1.54, 1.807) is 11.3 Å². The van der Waals surface area contributed by atoms with Crippen LogP contribution in [0.15, 0.2) is 22.0 Å². The Hall–Kier alpha value is -1.29. The molecule has 2 rings (SSSR count). The van der Waals surface area contributed by atoms with Crippen LogP contribution in [-0.4, -0.2) is 5.16 Å². The van der Waals surface area contributed by atoms with Crippen LogP contribution in [0, 0.1) is 0 Å². The maximum atomic E-state index is 5.96. The first-order chi connectivity index (χ1) is 8.77. The molecule has 0 aliphatic heterocycles. The Morgan fingerprint density at radius 1 is 1.44 bits per heavy atom. The minimum absolute atomic E-state index is 0.423. The van der Waals surface area contributed by atoms with Crippen LogP contribution in [0.4, 0.5) is 5.82 Å². The topological polar surface area (TPSA) is 52.0 Å². The van der Waals surface area contributed by atoms with Crippen molar-refractivity contribution in [2.45, 2.75) is 45.4 Å². The summed E-state index contributed by atoms with van der Waals surface area (Å²) in [5, 5.41) is 6.01. The van der Waals surface area contributed by atoms with Crippen molar-refractivity contribution >= 4 is 17.2 Å². The number of nitrogens with zero attached hydrogens (tertiary/aromatic N) is 1. The minimum atomic E-state index is 0.423. The second kappa shape index (κ2) is 6.05. The summed E-state index contributed by atoms with van der Waals surface area (Å²) in [6.07, 6.45) is 4.62. The van der Waals surface area contributed by atoms with E-state index in [1.165, 1.54) is 12.8 Å². The molecule has 0 saturated heterocycles. The lowest BCUT2D eigenvalue weighted by Gasteiger charge is -2.12. The van der Waals surface area contributed by atoms with Gasteiger partial charge in [-0.1, -0.05) is 37.9 Å². The van der Waals surface area contributed by atoms with Crippen LogP contribution in [0.25, 0.3) is 10.4 Å². The summed E-state index contributed by atoms with van der Waals surface area (Å²) in [6.45, 7) is 4.40. The van der Waals surface area contributed by atoms with Gasteiger partial charge in [0.2, 0.25) is 0 Å². The van der Waals surface area contributed by atoms with Gasteiger partial charge in [0, 0.05) is 10.8 Å². The number of hydrogen-bond donors (Lipinski definition) is 1. The zero-order valence-electron chi connectivity index (χ0n) is 11.0. The molecular formula is C14H20N2OS. The van der Waals surface area contributed by atoms with Gasteiger partial charge in [-0.25, -0.2) is 0 Å². The summed E-state index contributed by atoms with van der Waals surface area (Å²) in [7, 11) is 0. The lowest BCUT2D eigenvalue weighted by Crippen LogP contribution is -1.98. The third-order valence-corrected chi connectivity index (χ3v) is 4.17. The number of rotatable bonds is 6. The molecule has 4 heteroatoms. The summed E-state index contributed by atoms with van der Waals surface area (Å²) in [4.78, 5) is 1.15. The Bertz CT molecular complexity index is 476. The zero-order valence-corrected chi connectivity index (χ0v) is 11.8. The average molecular weight is 264 g/mol. The predicted octanol–water partition coefficient (Wildman–Crippen LogP) is 4.67. The van der Waals surface area contributed by atoms with Crippen molar-refractivity contribution in [1.82, 2.24) is 5.16 Å². The first-order valence-corrected chi connectivity index (χ1v) is 7.44. The lowest BCUT2D eigenvalue weighted by atomic mass is 9.93. The summed E-state index contributed by atoms with van der Waals surface area (Å²) in [5.41, 5.74) is 6.96. The van der Waals surface area contributed by atoms with Crippen LogP contribution >= 0.6 is 11.3 Å². The van der Waals surface area contributed by atoms with E-state index in [2.05, 4.69) is 30.5 Å². The third-order valence-electron chi connectivity index (χ3n) is 3.28.